The summed E-state index contributed by atoms with van der Waals surface area (Å²) in [5.74, 6) is 0.519. The van der Waals surface area contributed by atoms with Crippen LogP contribution < -0.4 is 21.7 Å². The summed E-state index contributed by atoms with van der Waals surface area (Å²) in [5, 5.41) is 3.01. The Morgan fingerprint density at radius 2 is 1.92 bits per heavy atom. The molecule has 0 unspecified atom stereocenters. The van der Waals surface area contributed by atoms with E-state index in [0.717, 1.165) is 69.4 Å². The lowest BCUT2D eigenvalue weighted by Gasteiger charge is -2.33. The van der Waals surface area contributed by atoms with Gasteiger partial charge in [-0.25, -0.2) is 4.98 Å². The summed E-state index contributed by atoms with van der Waals surface area (Å²) in [5.41, 5.74) is 12.0. The fraction of sp³-hybridized carbons (Fsp3) is 0.632. The summed E-state index contributed by atoms with van der Waals surface area (Å²) in [4.78, 5) is 30.6. The first-order chi connectivity index (χ1) is 12.5. The number of nitrogens with one attached hydrogen (secondary N) is 1. The standard InChI is InChI=1S/C19H29N5O2/c20-16(25)14-6-11-24(12-7-14)17-15(5-4-10-22-17)13-23-18(26)19(21)8-2-1-3-9-19/h4-5,10,14H,1-3,6-9,11-13,21H2,(H2,20,25)(H,23,26). The molecule has 0 spiro atoms. The van der Waals surface area contributed by atoms with Gasteiger partial charge in [0, 0.05) is 37.3 Å². The molecule has 2 aliphatic rings. The first kappa shape index (κ1) is 18.6. The molecule has 0 radical (unpaired) electrons. The van der Waals surface area contributed by atoms with Crippen molar-refractivity contribution in [2.24, 2.45) is 17.4 Å². The molecule has 0 atom stereocenters. The predicted octanol–water partition coefficient (Wildman–Crippen LogP) is 1.06. The lowest BCUT2D eigenvalue weighted by molar-refractivity contribution is -0.127. The fourth-order valence-electron chi connectivity index (χ4n) is 3.99. The van der Waals surface area contributed by atoms with Crippen molar-refractivity contribution in [3.8, 4) is 0 Å². The highest BCUT2D eigenvalue weighted by Crippen LogP contribution is 2.27. The van der Waals surface area contributed by atoms with Gasteiger partial charge < -0.3 is 21.7 Å². The smallest absolute Gasteiger partial charge is 0.240 e. The zero-order valence-corrected chi connectivity index (χ0v) is 15.2. The van der Waals surface area contributed by atoms with E-state index in [1.807, 2.05) is 12.1 Å². The van der Waals surface area contributed by atoms with Crippen LogP contribution in [0.2, 0.25) is 0 Å². The number of carbonyl (C=O) groups excluding carboxylic acids is 2. The molecule has 1 aliphatic carbocycles. The van der Waals surface area contributed by atoms with E-state index < -0.39 is 5.54 Å². The van der Waals surface area contributed by atoms with Crippen LogP contribution in [0.5, 0.6) is 0 Å². The number of pyridine rings is 1. The van der Waals surface area contributed by atoms with Crippen LogP contribution in [0.25, 0.3) is 0 Å². The Morgan fingerprint density at radius 3 is 2.58 bits per heavy atom. The summed E-state index contributed by atoms with van der Waals surface area (Å²) >= 11 is 0. The molecule has 2 fully saturated rings. The first-order valence-corrected chi connectivity index (χ1v) is 9.55. The van der Waals surface area contributed by atoms with Crippen molar-refractivity contribution in [2.45, 2.75) is 57.0 Å². The van der Waals surface area contributed by atoms with Crippen molar-refractivity contribution in [3.05, 3.63) is 23.9 Å². The van der Waals surface area contributed by atoms with Crippen LogP contribution in [-0.4, -0.2) is 35.4 Å². The maximum absolute atomic E-state index is 12.6. The van der Waals surface area contributed by atoms with E-state index in [0.29, 0.717) is 6.54 Å². The number of rotatable bonds is 5. The van der Waals surface area contributed by atoms with Gasteiger partial charge in [-0.2, -0.15) is 0 Å². The van der Waals surface area contributed by atoms with Gasteiger partial charge >= 0.3 is 0 Å². The molecule has 5 N–H and O–H groups in total. The van der Waals surface area contributed by atoms with Crippen LogP contribution in [0.3, 0.4) is 0 Å². The van der Waals surface area contributed by atoms with Crippen LogP contribution in [-0.2, 0) is 16.1 Å². The van der Waals surface area contributed by atoms with Gasteiger partial charge in [-0.1, -0.05) is 25.3 Å². The molecule has 1 aliphatic heterocycles. The maximum Gasteiger partial charge on any atom is 0.240 e. The number of nitrogens with two attached hydrogens (primary N) is 2. The average Bonchev–Trinajstić information content (AvgIpc) is 2.67. The first-order valence-electron chi connectivity index (χ1n) is 9.55. The highest BCUT2D eigenvalue weighted by Gasteiger charge is 2.35. The molecule has 1 saturated carbocycles. The van der Waals surface area contributed by atoms with Crippen LogP contribution >= 0.6 is 0 Å². The Kier molecular flexibility index (Phi) is 5.76. The summed E-state index contributed by atoms with van der Waals surface area (Å²) in [6.07, 6.45) is 7.91. The number of hydrogen-bond acceptors (Lipinski definition) is 5. The SMILES string of the molecule is NC(=O)C1CCN(c2ncccc2CNC(=O)C2(N)CCCCC2)CC1. The number of aromatic nitrogens is 1. The van der Waals surface area contributed by atoms with Gasteiger partial charge in [0.2, 0.25) is 11.8 Å². The molecule has 1 aromatic rings. The third-order valence-corrected chi connectivity index (χ3v) is 5.70. The van der Waals surface area contributed by atoms with E-state index >= 15 is 0 Å². The maximum atomic E-state index is 12.6. The second-order valence-corrected chi connectivity index (χ2v) is 7.55. The summed E-state index contributed by atoms with van der Waals surface area (Å²) in [6, 6.07) is 3.85. The van der Waals surface area contributed by atoms with Crippen LogP contribution in [0.15, 0.2) is 18.3 Å². The van der Waals surface area contributed by atoms with E-state index in [9.17, 15) is 9.59 Å². The number of piperidine rings is 1. The number of anilines is 1. The minimum Gasteiger partial charge on any atom is -0.369 e. The molecular formula is C19H29N5O2. The zero-order valence-electron chi connectivity index (χ0n) is 15.2. The molecule has 2 amide bonds. The number of carbonyl (C=O) groups is 2. The average molecular weight is 359 g/mol. The number of amides is 2. The highest BCUT2D eigenvalue weighted by atomic mass is 16.2. The lowest BCUT2D eigenvalue weighted by Crippen LogP contribution is -2.54. The molecule has 0 bridgehead atoms. The van der Waals surface area contributed by atoms with Crippen molar-refractivity contribution in [1.29, 1.82) is 0 Å². The normalized spacial score (nSPS) is 20.6. The second kappa shape index (κ2) is 8.03. The van der Waals surface area contributed by atoms with Gasteiger partial charge in [0.05, 0.1) is 5.54 Å². The lowest BCUT2D eigenvalue weighted by atomic mass is 9.82. The molecule has 3 rings (SSSR count). The molecule has 0 aromatic carbocycles. The minimum atomic E-state index is -0.736. The molecule has 1 saturated heterocycles. The molecule has 26 heavy (non-hydrogen) atoms. The summed E-state index contributed by atoms with van der Waals surface area (Å²) in [6.45, 7) is 1.90. The largest absolute Gasteiger partial charge is 0.369 e. The fourth-order valence-corrected chi connectivity index (χ4v) is 3.99. The Balaban J connectivity index is 1.62. The third-order valence-electron chi connectivity index (χ3n) is 5.70. The van der Waals surface area contributed by atoms with Crippen molar-refractivity contribution in [1.82, 2.24) is 10.3 Å². The quantitative estimate of drug-likeness (QED) is 0.727. The molecule has 1 aromatic heterocycles. The predicted molar refractivity (Wildman–Crippen MR) is 100 cm³/mol. The van der Waals surface area contributed by atoms with Crippen molar-refractivity contribution < 1.29 is 9.59 Å². The Hall–Kier alpha value is -2.15. The van der Waals surface area contributed by atoms with Crippen LogP contribution in [0.4, 0.5) is 5.82 Å². The van der Waals surface area contributed by atoms with E-state index in [4.69, 9.17) is 11.5 Å². The molecular weight excluding hydrogens is 330 g/mol. The van der Waals surface area contributed by atoms with Crippen LogP contribution in [0, 0.1) is 5.92 Å². The highest BCUT2D eigenvalue weighted by molar-refractivity contribution is 5.86. The van der Waals surface area contributed by atoms with E-state index in [1.54, 1.807) is 6.20 Å². The van der Waals surface area contributed by atoms with Crippen molar-refractivity contribution >= 4 is 17.6 Å². The summed E-state index contributed by atoms with van der Waals surface area (Å²) < 4.78 is 0. The Morgan fingerprint density at radius 1 is 1.23 bits per heavy atom. The number of primary amides is 1. The van der Waals surface area contributed by atoms with Crippen LogP contribution in [0.1, 0.15) is 50.5 Å². The Bertz CT molecular complexity index is 649. The zero-order chi connectivity index (χ0) is 18.6. The van der Waals surface area contributed by atoms with Gasteiger partial charge in [0.1, 0.15) is 5.82 Å². The van der Waals surface area contributed by atoms with E-state index in [1.165, 1.54) is 0 Å². The Labute approximate surface area is 154 Å². The molecule has 7 nitrogen and oxygen atoms in total. The second-order valence-electron chi connectivity index (χ2n) is 7.55. The van der Waals surface area contributed by atoms with Gasteiger partial charge in [0.15, 0.2) is 0 Å². The number of hydrogen-bond donors (Lipinski definition) is 3. The van der Waals surface area contributed by atoms with Gasteiger partial charge in [-0.05, 0) is 31.7 Å². The van der Waals surface area contributed by atoms with E-state index in [-0.39, 0.29) is 17.7 Å². The molecule has 7 heteroatoms. The monoisotopic (exact) mass is 359 g/mol. The minimum absolute atomic E-state index is 0.0542. The van der Waals surface area contributed by atoms with Gasteiger partial charge in [-0.3, -0.25) is 9.59 Å². The third kappa shape index (κ3) is 4.15. The number of nitrogens with zero attached hydrogens (tertiary/aromatic N) is 2. The molecule has 142 valence electrons. The van der Waals surface area contributed by atoms with Crippen molar-refractivity contribution in [3.63, 3.8) is 0 Å². The van der Waals surface area contributed by atoms with Crippen molar-refractivity contribution in [2.75, 3.05) is 18.0 Å². The summed E-state index contributed by atoms with van der Waals surface area (Å²) in [7, 11) is 0. The topological polar surface area (TPSA) is 114 Å². The van der Waals surface area contributed by atoms with Gasteiger partial charge in [-0.15, -0.1) is 0 Å². The van der Waals surface area contributed by atoms with Gasteiger partial charge in [0.25, 0.3) is 0 Å². The molecule has 2 heterocycles. The van der Waals surface area contributed by atoms with E-state index in [2.05, 4.69) is 15.2 Å².